The lowest BCUT2D eigenvalue weighted by atomic mass is 9.97. The molecular weight excluding hydrogens is 388 g/mol. The number of nitrogens with one attached hydrogen (secondary N) is 1. The van der Waals surface area contributed by atoms with Crippen LogP contribution in [0.5, 0.6) is 0 Å². The first-order valence-electron chi connectivity index (χ1n) is 8.22. The summed E-state index contributed by atoms with van der Waals surface area (Å²) >= 11 is 3.27. The molecule has 0 unspecified atom stereocenters. The van der Waals surface area contributed by atoms with Gasteiger partial charge in [-0.3, -0.25) is 0 Å². The third kappa shape index (κ3) is 3.32. The van der Waals surface area contributed by atoms with Crippen LogP contribution in [0.25, 0.3) is 10.2 Å². The van der Waals surface area contributed by atoms with Crippen LogP contribution in [0.15, 0.2) is 34.3 Å². The molecule has 1 aliphatic carbocycles. The first-order valence-corrected chi connectivity index (χ1v) is 11.8. The summed E-state index contributed by atoms with van der Waals surface area (Å²) in [6.45, 7) is 0. The minimum atomic E-state index is -3.70. The second-order valence-electron chi connectivity index (χ2n) is 6.14. The maximum Gasteiger partial charge on any atom is 0.238 e. The average molecular weight is 407 g/mol. The predicted octanol–water partition coefficient (Wildman–Crippen LogP) is 3.68. The van der Waals surface area contributed by atoms with Gasteiger partial charge in [0.15, 0.2) is 5.16 Å². The second-order valence-corrected chi connectivity index (χ2v) is 9.56. The lowest BCUT2D eigenvalue weighted by Gasteiger charge is -2.13. The normalized spacial score (nSPS) is 14.4. The fraction of sp³-hybridized carbons (Fsp3) is 0.294. The Morgan fingerprint density at radius 3 is 2.58 bits per heavy atom. The third-order valence-corrected chi connectivity index (χ3v) is 7.08. The number of benzene rings is 1. The van der Waals surface area contributed by atoms with Gasteiger partial charge in [0, 0.05) is 10.6 Å². The fourth-order valence-corrected chi connectivity index (χ4v) is 5.38. The summed E-state index contributed by atoms with van der Waals surface area (Å²) in [5.41, 5.74) is 2.12. The monoisotopic (exact) mass is 406 g/mol. The van der Waals surface area contributed by atoms with Gasteiger partial charge in [-0.2, -0.15) is 0 Å². The summed E-state index contributed by atoms with van der Waals surface area (Å²) in [6.07, 6.45) is 6.52. The van der Waals surface area contributed by atoms with Crippen LogP contribution >= 0.6 is 23.1 Å². The van der Waals surface area contributed by atoms with Gasteiger partial charge in [-0.05, 0) is 61.8 Å². The number of nitrogens with zero attached hydrogens (tertiary/aromatic N) is 2. The molecule has 3 aromatic rings. The number of rotatable bonds is 4. The Bertz CT molecular complexity index is 1080. The molecule has 0 spiro atoms. The third-order valence-electron chi connectivity index (χ3n) is 4.42. The Balaban J connectivity index is 1.79. The summed E-state index contributed by atoms with van der Waals surface area (Å²) < 4.78 is 22.8. The number of aromatic nitrogens is 2. The molecule has 4 rings (SSSR count). The van der Waals surface area contributed by atoms with Gasteiger partial charge in [-0.25, -0.2) is 23.5 Å². The van der Waals surface area contributed by atoms with Crippen molar-refractivity contribution in [2.45, 2.75) is 35.7 Å². The molecule has 136 valence electrons. The van der Waals surface area contributed by atoms with E-state index in [0.717, 1.165) is 39.7 Å². The predicted molar refractivity (Wildman–Crippen MR) is 107 cm³/mol. The Morgan fingerprint density at radius 2 is 1.88 bits per heavy atom. The minimum absolute atomic E-state index is 0.0913. The van der Waals surface area contributed by atoms with Gasteiger partial charge in [0.25, 0.3) is 0 Å². The summed E-state index contributed by atoms with van der Waals surface area (Å²) in [5, 5.41) is 10.3. The number of primary sulfonamides is 1. The molecule has 26 heavy (non-hydrogen) atoms. The SMILES string of the molecule is CSc1nc(Nc2ccc(S(N)(=O)=O)cc2)c2c3c(sc2n1)CCCC3. The van der Waals surface area contributed by atoms with Crippen molar-refractivity contribution in [1.29, 1.82) is 0 Å². The molecule has 0 saturated heterocycles. The zero-order chi connectivity index (χ0) is 18.3. The summed E-state index contributed by atoms with van der Waals surface area (Å²) in [7, 11) is -3.70. The zero-order valence-corrected chi connectivity index (χ0v) is 16.6. The van der Waals surface area contributed by atoms with Gasteiger partial charge in [0.1, 0.15) is 10.6 Å². The van der Waals surface area contributed by atoms with Crippen LogP contribution in [-0.4, -0.2) is 24.6 Å². The lowest BCUT2D eigenvalue weighted by molar-refractivity contribution is 0.598. The van der Waals surface area contributed by atoms with Crippen LogP contribution < -0.4 is 10.5 Å². The number of thiophene rings is 1. The minimum Gasteiger partial charge on any atom is -0.340 e. The Kier molecular flexibility index (Phi) is 4.64. The highest BCUT2D eigenvalue weighted by atomic mass is 32.2. The van der Waals surface area contributed by atoms with Crippen LogP contribution in [0.4, 0.5) is 11.5 Å². The molecule has 1 aliphatic rings. The first kappa shape index (κ1) is 17.7. The fourth-order valence-electron chi connectivity index (χ4n) is 3.18. The van der Waals surface area contributed by atoms with Crippen molar-refractivity contribution in [3.05, 3.63) is 34.7 Å². The highest BCUT2D eigenvalue weighted by molar-refractivity contribution is 7.98. The van der Waals surface area contributed by atoms with E-state index in [0.29, 0.717) is 0 Å². The van der Waals surface area contributed by atoms with E-state index in [-0.39, 0.29) is 4.90 Å². The van der Waals surface area contributed by atoms with Crippen molar-refractivity contribution in [2.24, 2.45) is 5.14 Å². The molecule has 0 radical (unpaired) electrons. The number of nitrogens with two attached hydrogens (primary N) is 1. The zero-order valence-electron chi connectivity index (χ0n) is 14.2. The summed E-state index contributed by atoms with van der Waals surface area (Å²) in [5.74, 6) is 0.780. The van der Waals surface area contributed by atoms with E-state index in [1.165, 1.54) is 47.2 Å². The quantitative estimate of drug-likeness (QED) is 0.507. The Labute approximate surface area is 160 Å². The van der Waals surface area contributed by atoms with Crippen molar-refractivity contribution >= 4 is 54.8 Å². The molecule has 6 nitrogen and oxygen atoms in total. The second kappa shape index (κ2) is 6.80. The van der Waals surface area contributed by atoms with E-state index >= 15 is 0 Å². The maximum atomic E-state index is 11.4. The van der Waals surface area contributed by atoms with E-state index < -0.39 is 10.0 Å². The van der Waals surface area contributed by atoms with Crippen molar-refractivity contribution in [3.63, 3.8) is 0 Å². The molecule has 3 N–H and O–H groups in total. The van der Waals surface area contributed by atoms with Crippen molar-refractivity contribution in [1.82, 2.24) is 9.97 Å². The number of hydrogen-bond donors (Lipinski definition) is 2. The largest absolute Gasteiger partial charge is 0.340 e. The molecule has 2 aromatic heterocycles. The molecule has 0 fully saturated rings. The van der Waals surface area contributed by atoms with Gasteiger partial charge < -0.3 is 5.32 Å². The van der Waals surface area contributed by atoms with Crippen LogP contribution in [-0.2, 0) is 22.9 Å². The van der Waals surface area contributed by atoms with E-state index in [9.17, 15) is 8.42 Å². The summed E-state index contributed by atoms with van der Waals surface area (Å²) in [4.78, 5) is 11.9. The molecule has 0 atom stereocenters. The molecule has 0 bridgehead atoms. The van der Waals surface area contributed by atoms with Crippen molar-refractivity contribution in [3.8, 4) is 0 Å². The average Bonchev–Trinajstić information content (AvgIpc) is 3.00. The highest BCUT2D eigenvalue weighted by Gasteiger charge is 2.21. The molecule has 1 aromatic carbocycles. The topological polar surface area (TPSA) is 98.0 Å². The summed E-state index contributed by atoms with van der Waals surface area (Å²) in [6, 6.07) is 6.39. The van der Waals surface area contributed by atoms with E-state index in [4.69, 9.17) is 5.14 Å². The van der Waals surface area contributed by atoms with Crippen molar-refractivity contribution in [2.75, 3.05) is 11.6 Å². The standard InChI is InChI=1S/C17H18N4O2S3/c1-24-17-20-15(19-10-6-8-11(9-7-10)26(18,22)23)14-12-4-2-3-5-13(12)25-16(14)21-17/h6-9H,2-5H2,1H3,(H2,18,22,23)(H,19,20,21). The first-order chi connectivity index (χ1) is 12.5. The Morgan fingerprint density at radius 1 is 1.15 bits per heavy atom. The number of hydrogen-bond acceptors (Lipinski definition) is 7. The van der Waals surface area contributed by atoms with Gasteiger partial charge in [0.2, 0.25) is 10.0 Å². The van der Waals surface area contributed by atoms with Gasteiger partial charge in [0.05, 0.1) is 10.3 Å². The molecular formula is C17H18N4O2S3. The number of thioether (sulfide) groups is 1. The van der Waals surface area contributed by atoms with Crippen LogP contribution in [0, 0.1) is 0 Å². The van der Waals surface area contributed by atoms with Crippen molar-refractivity contribution < 1.29 is 8.42 Å². The number of fused-ring (bicyclic) bond motifs is 3. The van der Waals surface area contributed by atoms with Gasteiger partial charge >= 0.3 is 0 Å². The molecule has 2 heterocycles. The van der Waals surface area contributed by atoms with Crippen LogP contribution in [0.1, 0.15) is 23.3 Å². The number of sulfonamides is 1. The van der Waals surface area contributed by atoms with E-state index in [1.54, 1.807) is 23.5 Å². The number of aryl methyl sites for hydroxylation is 2. The smallest absolute Gasteiger partial charge is 0.238 e. The molecule has 0 amide bonds. The van der Waals surface area contributed by atoms with Gasteiger partial charge in [-0.1, -0.05) is 11.8 Å². The Hall–Kier alpha value is -1.68. The lowest BCUT2D eigenvalue weighted by Crippen LogP contribution is -2.11. The molecule has 0 saturated carbocycles. The van der Waals surface area contributed by atoms with Crippen LogP contribution in [0.2, 0.25) is 0 Å². The maximum absolute atomic E-state index is 11.4. The molecule has 0 aliphatic heterocycles. The van der Waals surface area contributed by atoms with Crippen LogP contribution in [0.3, 0.4) is 0 Å². The van der Waals surface area contributed by atoms with E-state index in [1.807, 2.05) is 6.26 Å². The highest BCUT2D eigenvalue weighted by Crippen LogP contribution is 2.40. The van der Waals surface area contributed by atoms with E-state index in [2.05, 4.69) is 15.3 Å². The van der Waals surface area contributed by atoms with Gasteiger partial charge in [-0.15, -0.1) is 11.3 Å². The molecule has 9 heteroatoms. The number of anilines is 2.